The molecule has 0 aliphatic carbocycles. The smallest absolute Gasteiger partial charge is 0.255 e. The van der Waals surface area contributed by atoms with Gasteiger partial charge in [-0.05, 0) is 37.1 Å². The van der Waals surface area contributed by atoms with Crippen LogP contribution in [0.3, 0.4) is 0 Å². The number of aryl methyl sites for hydroxylation is 1. The van der Waals surface area contributed by atoms with Crippen LogP contribution in [0.15, 0.2) is 42.5 Å². The minimum atomic E-state index is -0.596. The zero-order valence-corrected chi connectivity index (χ0v) is 14.4. The number of nitrogens with one attached hydrogen (secondary N) is 1. The third kappa shape index (κ3) is 5.24. The lowest BCUT2D eigenvalue weighted by Crippen LogP contribution is -2.27. The topological polar surface area (TPSA) is 90.7 Å². The molecule has 0 aliphatic rings. The lowest BCUT2D eigenvalue weighted by Gasteiger charge is -2.12. The highest BCUT2D eigenvalue weighted by Gasteiger charge is 2.13. The number of ether oxygens (including phenoxy) is 2. The fourth-order valence-corrected chi connectivity index (χ4v) is 2.44. The summed E-state index contributed by atoms with van der Waals surface area (Å²) >= 11 is 0. The maximum Gasteiger partial charge on any atom is 0.255 e. The summed E-state index contributed by atoms with van der Waals surface area (Å²) in [5, 5.41) is 2.86. The van der Waals surface area contributed by atoms with Crippen LogP contribution in [0.25, 0.3) is 0 Å². The normalized spacial score (nSPS) is 10.2. The molecule has 0 bridgehead atoms. The second kappa shape index (κ2) is 8.73. The van der Waals surface area contributed by atoms with Crippen LogP contribution in [0.5, 0.6) is 11.5 Å². The van der Waals surface area contributed by atoms with Crippen LogP contribution in [0.2, 0.25) is 0 Å². The average Bonchev–Trinajstić information content (AvgIpc) is 2.60. The number of rotatable bonds is 8. The predicted molar refractivity (Wildman–Crippen MR) is 94.9 cm³/mol. The summed E-state index contributed by atoms with van der Waals surface area (Å²) in [7, 11) is 1.62. The number of hydrogen-bond donors (Lipinski definition) is 2. The molecule has 0 heterocycles. The molecule has 0 saturated carbocycles. The fraction of sp³-hybridized carbons (Fsp3) is 0.263. The molecule has 0 aromatic heterocycles. The molecule has 0 fully saturated rings. The molecule has 0 radical (unpaired) electrons. The summed E-state index contributed by atoms with van der Waals surface area (Å²) < 4.78 is 10.6. The Bertz CT molecular complexity index is 759. The Kier molecular flexibility index (Phi) is 6.39. The average molecular weight is 342 g/mol. The summed E-state index contributed by atoms with van der Waals surface area (Å²) in [6.07, 6.45) is 0.640. The van der Waals surface area contributed by atoms with E-state index in [1.807, 2.05) is 25.1 Å². The van der Waals surface area contributed by atoms with E-state index in [0.717, 1.165) is 16.9 Å². The Morgan fingerprint density at radius 2 is 1.88 bits per heavy atom. The number of para-hydroxylation sites is 1. The van der Waals surface area contributed by atoms with E-state index in [0.29, 0.717) is 24.3 Å². The van der Waals surface area contributed by atoms with Gasteiger partial charge in [0.2, 0.25) is 0 Å². The number of carbonyl (C=O) groups excluding carboxylic acids is 2. The Labute approximate surface area is 146 Å². The lowest BCUT2D eigenvalue weighted by atomic mass is 10.1. The van der Waals surface area contributed by atoms with E-state index in [1.54, 1.807) is 31.4 Å². The molecule has 132 valence electrons. The first-order chi connectivity index (χ1) is 12.0. The largest absolute Gasteiger partial charge is 0.496 e. The molecule has 25 heavy (non-hydrogen) atoms. The molecule has 0 aliphatic heterocycles. The number of nitrogens with two attached hydrogens (primary N) is 1. The zero-order chi connectivity index (χ0) is 18.2. The first-order valence-electron chi connectivity index (χ1n) is 7.93. The molecular weight excluding hydrogens is 320 g/mol. The van der Waals surface area contributed by atoms with Crippen LogP contribution in [-0.4, -0.2) is 32.1 Å². The number of hydrogen-bond acceptors (Lipinski definition) is 4. The maximum absolute atomic E-state index is 12.4. The summed E-state index contributed by atoms with van der Waals surface area (Å²) in [6.45, 7) is 2.18. The monoisotopic (exact) mass is 342 g/mol. The fourth-order valence-electron chi connectivity index (χ4n) is 2.44. The molecule has 6 nitrogen and oxygen atoms in total. The van der Waals surface area contributed by atoms with Gasteiger partial charge in [-0.2, -0.15) is 0 Å². The summed E-state index contributed by atoms with van der Waals surface area (Å²) in [5.74, 6) is 0.255. The molecule has 0 atom stereocenters. The van der Waals surface area contributed by atoms with Crippen LogP contribution in [0, 0.1) is 6.92 Å². The van der Waals surface area contributed by atoms with Crippen LogP contribution in [0.4, 0.5) is 0 Å². The minimum Gasteiger partial charge on any atom is -0.496 e. The van der Waals surface area contributed by atoms with Crippen molar-refractivity contribution in [3.05, 3.63) is 59.2 Å². The number of carbonyl (C=O) groups is 2. The standard InChI is InChI=1S/C19H22N2O4/c1-13-7-8-16(24-2)14(11-13)9-10-21-19(23)15-5-3-4-6-17(15)25-12-18(20)22/h3-8,11H,9-10,12H2,1-2H3,(H2,20,22)(H,21,23). The molecule has 2 aromatic rings. The van der Waals surface area contributed by atoms with E-state index in [1.165, 1.54) is 0 Å². The van der Waals surface area contributed by atoms with E-state index in [2.05, 4.69) is 5.32 Å². The molecule has 2 aromatic carbocycles. The van der Waals surface area contributed by atoms with Gasteiger partial charge in [-0.25, -0.2) is 0 Å². The second-order valence-corrected chi connectivity index (χ2v) is 5.57. The summed E-state index contributed by atoms with van der Waals surface area (Å²) in [5.41, 5.74) is 7.60. The van der Waals surface area contributed by atoms with Crippen LogP contribution < -0.4 is 20.5 Å². The van der Waals surface area contributed by atoms with Crippen molar-refractivity contribution in [2.24, 2.45) is 5.73 Å². The van der Waals surface area contributed by atoms with Gasteiger partial charge >= 0.3 is 0 Å². The van der Waals surface area contributed by atoms with Crippen molar-refractivity contribution in [1.29, 1.82) is 0 Å². The van der Waals surface area contributed by atoms with Crippen LogP contribution >= 0.6 is 0 Å². The minimum absolute atomic E-state index is 0.272. The Balaban J connectivity index is 1.99. The van der Waals surface area contributed by atoms with E-state index >= 15 is 0 Å². The molecule has 2 amide bonds. The highest BCUT2D eigenvalue weighted by atomic mass is 16.5. The second-order valence-electron chi connectivity index (χ2n) is 5.57. The Morgan fingerprint density at radius 3 is 2.60 bits per heavy atom. The highest BCUT2D eigenvalue weighted by Crippen LogP contribution is 2.20. The van der Waals surface area contributed by atoms with Crippen molar-refractivity contribution in [2.75, 3.05) is 20.3 Å². The van der Waals surface area contributed by atoms with Gasteiger partial charge in [-0.15, -0.1) is 0 Å². The molecule has 0 unspecified atom stereocenters. The molecular formula is C19H22N2O4. The maximum atomic E-state index is 12.4. The molecule has 2 rings (SSSR count). The number of methoxy groups -OCH3 is 1. The van der Waals surface area contributed by atoms with E-state index in [4.69, 9.17) is 15.2 Å². The van der Waals surface area contributed by atoms with E-state index in [9.17, 15) is 9.59 Å². The van der Waals surface area contributed by atoms with Gasteiger partial charge in [0.1, 0.15) is 11.5 Å². The molecule has 0 spiro atoms. The zero-order valence-electron chi connectivity index (χ0n) is 14.4. The van der Waals surface area contributed by atoms with Gasteiger partial charge in [-0.1, -0.05) is 29.8 Å². The first kappa shape index (κ1) is 18.3. The van der Waals surface area contributed by atoms with Crippen molar-refractivity contribution in [1.82, 2.24) is 5.32 Å². The van der Waals surface area contributed by atoms with Gasteiger partial charge in [0, 0.05) is 6.54 Å². The predicted octanol–water partition coefficient (Wildman–Crippen LogP) is 1.84. The molecule has 0 saturated heterocycles. The van der Waals surface area contributed by atoms with E-state index in [-0.39, 0.29) is 12.5 Å². The van der Waals surface area contributed by atoms with Crippen LogP contribution in [0.1, 0.15) is 21.5 Å². The van der Waals surface area contributed by atoms with Crippen molar-refractivity contribution >= 4 is 11.8 Å². The number of primary amides is 1. The van der Waals surface area contributed by atoms with Gasteiger partial charge < -0.3 is 20.5 Å². The summed E-state index contributed by atoms with van der Waals surface area (Å²) in [6, 6.07) is 12.7. The van der Waals surface area contributed by atoms with Gasteiger partial charge in [-0.3, -0.25) is 9.59 Å². The van der Waals surface area contributed by atoms with Crippen molar-refractivity contribution in [2.45, 2.75) is 13.3 Å². The SMILES string of the molecule is COc1ccc(C)cc1CCNC(=O)c1ccccc1OCC(N)=O. The van der Waals surface area contributed by atoms with Crippen LogP contribution in [-0.2, 0) is 11.2 Å². The number of benzene rings is 2. The van der Waals surface area contributed by atoms with E-state index < -0.39 is 5.91 Å². The quantitative estimate of drug-likeness (QED) is 0.766. The van der Waals surface area contributed by atoms with Gasteiger partial charge in [0.05, 0.1) is 12.7 Å². The third-order valence-electron chi connectivity index (χ3n) is 3.62. The van der Waals surface area contributed by atoms with Crippen molar-refractivity contribution < 1.29 is 19.1 Å². The third-order valence-corrected chi connectivity index (χ3v) is 3.62. The molecule has 3 N–H and O–H groups in total. The first-order valence-corrected chi connectivity index (χ1v) is 7.93. The Morgan fingerprint density at radius 1 is 1.12 bits per heavy atom. The van der Waals surface area contributed by atoms with Crippen molar-refractivity contribution in [3.8, 4) is 11.5 Å². The number of amides is 2. The van der Waals surface area contributed by atoms with Crippen molar-refractivity contribution in [3.63, 3.8) is 0 Å². The lowest BCUT2D eigenvalue weighted by molar-refractivity contribution is -0.119. The van der Waals surface area contributed by atoms with Gasteiger partial charge in [0.15, 0.2) is 6.61 Å². The highest BCUT2D eigenvalue weighted by molar-refractivity contribution is 5.97. The summed E-state index contributed by atoms with van der Waals surface area (Å²) in [4.78, 5) is 23.2. The Hall–Kier alpha value is -3.02. The molecule has 6 heteroatoms. The van der Waals surface area contributed by atoms with Gasteiger partial charge in [0.25, 0.3) is 11.8 Å².